The van der Waals surface area contributed by atoms with Gasteiger partial charge in [0, 0.05) is 17.8 Å². The van der Waals surface area contributed by atoms with Gasteiger partial charge in [0.05, 0.1) is 0 Å². The Bertz CT molecular complexity index is 549. The summed E-state index contributed by atoms with van der Waals surface area (Å²) in [7, 11) is 0. The molecule has 0 heterocycles. The van der Waals surface area contributed by atoms with Gasteiger partial charge in [-0.1, -0.05) is 12.1 Å². The molecule has 2 rings (SSSR count). The van der Waals surface area contributed by atoms with Gasteiger partial charge in [0.25, 0.3) is 0 Å². The molecule has 0 spiro atoms. The number of carbonyl (C=O) groups excluding carboxylic acids is 1. The highest BCUT2D eigenvalue weighted by Gasteiger charge is 2.25. The van der Waals surface area contributed by atoms with Gasteiger partial charge in [0.2, 0.25) is 0 Å². The molecule has 1 fully saturated rings. The van der Waals surface area contributed by atoms with Crippen LogP contribution in [0.25, 0.3) is 0 Å². The normalized spacial score (nSPS) is 21.6. The number of ether oxygens (including phenoxy) is 1. The SMILES string of the molecule is Cc1cccc(NC2CCCC(NC(=O)OC(C)(C)C)C2)c1C. The van der Waals surface area contributed by atoms with Crippen molar-refractivity contribution < 1.29 is 9.53 Å². The largest absolute Gasteiger partial charge is 0.444 e. The van der Waals surface area contributed by atoms with Crippen molar-refractivity contribution in [1.29, 1.82) is 0 Å². The number of amides is 1. The van der Waals surface area contributed by atoms with E-state index in [-0.39, 0.29) is 12.1 Å². The molecule has 0 bridgehead atoms. The number of rotatable bonds is 3. The van der Waals surface area contributed by atoms with Gasteiger partial charge in [-0.25, -0.2) is 4.79 Å². The zero-order chi connectivity index (χ0) is 17.0. The molecule has 4 nitrogen and oxygen atoms in total. The lowest BCUT2D eigenvalue weighted by atomic mass is 9.90. The highest BCUT2D eigenvalue weighted by molar-refractivity contribution is 5.68. The molecule has 0 aliphatic heterocycles. The molecule has 2 N–H and O–H groups in total. The van der Waals surface area contributed by atoms with Gasteiger partial charge in [-0.15, -0.1) is 0 Å². The van der Waals surface area contributed by atoms with Gasteiger partial charge in [0.1, 0.15) is 5.60 Å². The number of hydrogen-bond acceptors (Lipinski definition) is 3. The Labute approximate surface area is 140 Å². The number of benzene rings is 1. The molecule has 1 amide bonds. The van der Waals surface area contributed by atoms with Crippen molar-refractivity contribution in [3.05, 3.63) is 29.3 Å². The molecule has 0 radical (unpaired) electrons. The first-order valence-electron chi connectivity index (χ1n) is 8.57. The Morgan fingerprint density at radius 2 is 1.87 bits per heavy atom. The van der Waals surface area contributed by atoms with Crippen molar-refractivity contribution in [2.24, 2.45) is 0 Å². The van der Waals surface area contributed by atoms with Crippen LogP contribution in [0.5, 0.6) is 0 Å². The van der Waals surface area contributed by atoms with Crippen molar-refractivity contribution in [1.82, 2.24) is 5.32 Å². The van der Waals surface area contributed by atoms with Crippen LogP contribution in [0.2, 0.25) is 0 Å². The molecule has 0 saturated heterocycles. The van der Waals surface area contributed by atoms with E-state index in [1.54, 1.807) is 0 Å². The summed E-state index contributed by atoms with van der Waals surface area (Å²) in [5.41, 5.74) is 3.35. The summed E-state index contributed by atoms with van der Waals surface area (Å²) in [6.45, 7) is 9.94. The fourth-order valence-electron chi connectivity index (χ4n) is 3.05. The van der Waals surface area contributed by atoms with E-state index in [2.05, 4.69) is 42.7 Å². The van der Waals surface area contributed by atoms with Gasteiger partial charge in [-0.3, -0.25) is 0 Å². The summed E-state index contributed by atoms with van der Waals surface area (Å²) in [5.74, 6) is 0. The molecule has 1 saturated carbocycles. The molecule has 1 aromatic carbocycles. The molecule has 0 aromatic heterocycles. The third-order valence-corrected chi connectivity index (χ3v) is 4.36. The van der Waals surface area contributed by atoms with Crippen LogP contribution in [0.4, 0.5) is 10.5 Å². The fourth-order valence-corrected chi connectivity index (χ4v) is 3.05. The first-order valence-corrected chi connectivity index (χ1v) is 8.57. The zero-order valence-electron chi connectivity index (χ0n) is 15.0. The molecule has 23 heavy (non-hydrogen) atoms. The molecule has 4 heteroatoms. The van der Waals surface area contributed by atoms with Gasteiger partial charge >= 0.3 is 6.09 Å². The number of anilines is 1. The molecule has 1 aliphatic carbocycles. The lowest BCUT2D eigenvalue weighted by molar-refractivity contribution is 0.0492. The number of nitrogens with one attached hydrogen (secondary N) is 2. The maximum Gasteiger partial charge on any atom is 0.407 e. The monoisotopic (exact) mass is 318 g/mol. The third kappa shape index (κ3) is 5.45. The van der Waals surface area contributed by atoms with Crippen LogP contribution in [0.3, 0.4) is 0 Å². The van der Waals surface area contributed by atoms with Crippen molar-refractivity contribution in [2.45, 2.75) is 78.0 Å². The number of hydrogen-bond donors (Lipinski definition) is 2. The highest BCUT2D eigenvalue weighted by Crippen LogP contribution is 2.25. The van der Waals surface area contributed by atoms with Gasteiger partial charge < -0.3 is 15.4 Å². The fraction of sp³-hybridized carbons (Fsp3) is 0.632. The van der Waals surface area contributed by atoms with Crippen molar-refractivity contribution >= 4 is 11.8 Å². The minimum absolute atomic E-state index is 0.182. The standard InChI is InChI=1S/C19H30N2O2/c1-13-8-6-11-17(14(13)2)20-15-9-7-10-16(12-15)21-18(22)23-19(3,4)5/h6,8,11,15-16,20H,7,9-10,12H2,1-5H3,(H,21,22). The second-order valence-electron chi connectivity index (χ2n) is 7.60. The lowest BCUT2D eigenvalue weighted by Crippen LogP contribution is -2.43. The van der Waals surface area contributed by atoms with E-state index in [0.717, 1.165) is 25.7 Å². The second kappa shape index (κ2) is 7.24. The van der Waals surface area contributed by atoms with E-state index in [0.29, 0.717) is 6.04 Å². The first kappa shape index (κ1) is 17.6. The average molecular weight is 318 g/mol. The van der Waals surface area contributed by atoms with Gasteiger partial charge in [-0.05, 0) is 77.5 Å². The van der Waals surface area contributed by atoms with E-state index in [9.17, 15) is 4.79 Å². The molecule has 1 aliphatic rings. The minimum Gasteiger partial charge on any atom is -0.444 e. The van der Waals surface area contributed by atoms with E-state index in [1.165, 1.54) is 16.8 Å². The van der Waals surface area contributed by atoms with Crippen LogP contribution in [-0.4, -0.2) is 23.8 Å². The molecular formula is C19H30N2O2. The van der Waals surface area contributed by atoms with Crippen LogP contribution in [0, 0.1) is 13.8 Å². The number of carbonyl (C=O) groups is 1. The lowest BCUT2D eigenvalue weighted by Gasteiger charge is -2.32. The van der Waals surface area contributed by atoms with Crippen LogP contribution >= 0.6 is 0 Å². The van der Waals surface area contributed by atoms with Crippen LogP contribution in [-0.2, 0) is 4.74 Å². The second-order valence-corrected chi connectivity index (χ2v) is 7.60. The zero-order valence-corrected chi connectivity index (χ0v) is 15.0. The third-order valence-electron chi connectivity index (χ3n) is 4.36. The summed E-state index contributed by atoms with van der Waals surface area (Å²) >= 11 is 0. The predicted octanol–water partition coefficient (Wildman–Crippen LogP) is 4.55. The van der Waals surface area contributed by atoms with E-state index in [1.807, 2.05) is 20.8 Å². The highest BCUT2D eigenvalue weighted by atomic mass is 16.6. The van der Waals surface area contributed by atoms with Crippen LogP contribution in [0.15, 0.2) is 18.2 Å². The molecule has 2 unspecified atom stereocenters. The summed E-state index contributed by atoms with van der Waals surface area (Å²) in [6.07, 6.45) is 3.90. The van der Waals surface area contributed by atoms with Crippen LogP contribution < -0.4 is 10.6 Å². The Balaban J connectivity index is 1.91. The average Bonchev–Trinajstić information content (AvgIpc) is 2.42. The maximum atomic E-state index is 11.9. The number of aryl methyl sites for hydroxylation is 1. The summed E-state index contributed by atoms with van der Waals surface area (Å²) in [5, 5.41) is 6.67. The molecular weight excluding hydrogens is 288 g/mol. The minimum atomic E-state index is -0.449. The molecule has 2 atom stereocenters. The Morgan fingerprint density at radius 3 is 2.57 bits per heavy atom. The van der Waals surface area contributed by atoms with Gasteiger partial charge in [-0.2, -0.15) is 0 Å². The van der Waals surface area contributed by atoms with E-state index >= 15 is 0 Å². The quantitative estimate of drug-likeness (QED) is 0.859. The first-order chi connectivity index (χ1) is 10.7. The van der Waals surface area contributed by atoms with Crippen molar-refractivity contribution in [2.75, 3.05) is 5.32 Å². The Hall–Kier alpha value is -1.71. The smallest absolute Gasteiger partial charge is 0.407 e. The van der Waals surface area contributed by atoms with Crippen molar-refractivity contribution in [3.63, 3.8) is 0 Å². The number of alkyl carbamates (subject to hydrolysis) is 1. The Morgan fingerprint density at radius 1 is 1.17 bits per heavy atom. The molecule has 1 aromatic rings. The Kier molecular flexibility index (Phi) is 5.55. The van der Waals surface area contributed by atoms with E-state index in [4.69, 9.17) is 4.74 Å². The summed E-state index contributed by atoms with van der Waals surface area (Å²) in [4.78, 5) is 11.9. The van der Waals surface area contributed by atoms with Crippen LogP contribution in [0.1, 0.15) is 57.6 Å². The van der Waals surface area contributed by atoms with Gasteiger partial charge in [0.15, 0.2) is 0 Å². The summed E-state index contributed by atoms with van der Waals surface area (Å²) in [6, 6.07) is 6.93. The van der Waals surface area contributed by atoms with Crippen molar-refractivity contribution in [3.8, 4) is 0 Å². The maximum absolute atomic E-state index is 11.9. The summed E-state index contributed by atoms with van der Waals surface area (Å²) < 4.78 is 5.36. The van der Waals surface area contributed by atoms with E-state index < -0.39 is 5.60 Å². The molecule has 128 valence electrons. The predicted molar refractivity (Wildman–Crippen MR) is 95.0 cm³/mol. The topological polar surface area (TPSA) is 50.4 Å².